The number of hydrogen-bond donors (Lipinski definition) is 3. The third kappa shape index (κ3) is 4.10. The average molecular weight is 261 g/mol. The molecule has 0 aliphatic heterocycles. The molecule has 6 nitrogen and oxygen atoms in total. The molecule has 0 aliphatic rings. The van der Waals surface area contributed by atoms with Crippen LogP contribution in [0.5, 0.6) is 0 Å². The van der Waals surface area contributed by atoms with Crippen LogP contribution in [0.2, 0.25) is 0 Å². The molecule has 0 amide bonds. The monoisotopic (exact) mass is 261 g/mol. The van der Waals surface area contributed by atoms with Gasteiger partial charge in [0.2, 0.25) is 10.0 Å². The average Bonchev–Trinajstić information content (AvgIpc) is 2.69. The third-order valence-electron chi connectivity index (χ3n) is 2.65. The van der Waals surface area contributed by atoms with Crippen molar-refractivity contribution in [2.45, 2.75) is 31.9 Å². The summed E-state index contributed by atoms with van der Waals surface area (Å²) in [6.07, 6.45) is 3.23. The van der Waals surface area contributed by atoms with Crippen LogP contribution in [0.25, 0.3) is 0 Å². The van der Waals surface area contributed by atoms with Crippen molar-refractivity contribution in [2.75, 3.05) is 13.2 Å². The highest BCUT2D eigenvalue weighted by molar-refractivity contribution is 7.90. The van der Waals surface area contributed by atoms with Gasteiger partial charge in [0.15, 0.2) is 0 Å². The lowest BCUT2D eigenvalue weighted by atomic mass is 10.1. The Morgan fingerprint density at radius 3 is 2.82 bits per heavy atom. The van der Waals surface area contributed by atoms with Gasteiger partial charge in [-0.3, -0.25) is 5.10 Å². The van der Waals surface area contributed by atoms with Crippen LogP contribution in [0.15, 0.2) is 6.20 Å². The fourth-order valence-electron chi connectivity index (χ4n) is 1.36. The number of rotatable bonds is 7. The number of nitrogens with one attached hydrogen (secondary N) is 2. The van der Waals surface area contributed by atoms with Crippen molar-refractivity contribution in [3.05, 3.63) is 17.5 Å². The number of aromatic amines is 1. The molecule has 98 valence electrons. The summed E-state index contributed by atoms with van der Waals surface area (Å²) in [5.41, 5.74) is 2.11. The van der Waals surface area contributed by atoms with Crippen LogP contribution in [0, 0.1) is 6.92 Å². The van der Waals surface area contributed by atoms with Crippen molar-refractivity contribution in [3.63, 3.8) is 0 Å². The second-order valence-electron chi connectivity index (χ2n) is 4.06. The second kappa shape index (κ2) is 6.13. The summed E-state index contributed by atoms with van der Waals surface area (Å²) >= 11 is 0. The Bertz CT molecular complexity index is 441. The van der Waals surface area contributed by atoms with Crippen LogP contribution >= 0.6 is 0 Å². The van der Waals surface area contributed by atoms with Crippen molar-refractivity contribution in [2.24, 2.45) is 0 Å². The zero-order valence-electron chi connectivity index (χ0n) is 10.1. The molecule has 1 unspecified atom stereocenters. The van der Waals surface area contributed by atoms with Gasteiger partial charge in [0.25, 0.3) is 0 Å². The molecule has 1 atom stereocenters. The summed E-state index contributed by atoms with van der Waals surface area (Å²) in [6.45, 7) is 3.41. The molecule has 1 heterocycles. The molecular formula is C10H19N3O3S. The maximum absolute atomic E-state index is 11.5. The summed E-state index contributed by atoms with van der Waals surface area (Å²) in [6, 6.07) is 0. The molecule has 3 N–H and O–H groups in total. The lowest BCUT2D eigenvalue weighted by Crippen LogP contribution is -2.35. The quantitative estimate of drug-likeness (QED) is 0.600. The van der Waals surface area contributed by atoms with Crippen molar-refractivity contribution >= 4 is 10.0 Å². The Labute approximate surface area is 101 Å². The van der Waals surface area contributed by atoms with Crippen molar-refractivity contribution in [3.8, 4) is 0 Å². The Morgan fingerprint density at radius 1 is 1.59 bits per heavy atom. The Morgan fingerprint density at radius 2 is 2.29 bits per heavy atom. The summed E-state index contributed by atoms with van der Waals surface area (Å²) in [4.78, 5) is 0. The molecule has 1 aromatic rings. The summed E-state index contributed by atoms with van der Waals surface area (Å²) < 4.78 is 25.5. The van der Waals surface area contributed by atoms with Crippen LogP contribution in [0.1, 0.15) is 24.6 Å². The number of sulfonamides is 1. The van der Waals surface area contributed by atoms with Gasteiger partial charge in [0, 0.05) is 12.2 Å². The number of nitrogens with zero attached hydrogens (tertiary/aromatic N) is 1. The zero-order chi connectivity index (χ0) is 12.9. The number of aryl methyl sites for hydroxylation is 2. The van der Waals surface area contributed by atoms with Crippen LogP contribution in [0.3, 0.4) is 0 Å². The van der Waals surface area contributed by atoms with Crippen LogP contribution < -0.4 is 4.72 Å². The van der Waals surface area contributed by atoms with Crippen molar-refractivity contribution < 1.29 is 13.5 Å². The minimum absolute atomic E-state index is 0.365. The minimum Gasteiger partial charge on any atom is -0.395 e. The Balaban J connectivity index is 2.32. The normalized spacial score (nSPS) is 13.8. The Hall–Kier alpha value is -0.920. The smallest absolute Gasteiger partial charge is 0.216 e. The molecule has 0 fully saturated rings. The number of aromatic nitrogens is 2. The van der Waals surface area contributed by atoms with E-state index in [2.05, 4.69) is 14.9 Å². The zero-order valence-corrected chi connectivity index (χ0v) is 10.9. The highest BCUT2D eigenvalue weighted by Gasteiger charge is 2.18. The number of H-pyrrole nitrogens is 1. The highest BCUT2D eigenvalue weighted by Crippen LogP contribution is 2.05. The molecule has 0 saturated carbocycles. The van der Waals surface area contributed by atoms with E-state index in [1.165, 1.54) is 6.92 Å². The van der Waals surface area contributed by atoms with Gasteiger partial charge in [-0.25, -0.2) is 13.1 Å². The number of aliphatic hydroxyl groups excluding tert-OH is 1. The SMILES string of the molecule is Cc1[nH]ncc1CCCNS(=O)(=O)C(C)CO. The maximum atomic E-state index is 11.5. The first-order valence-electron chi connectivity index (χ1n) is 5.55. The molecule has 17 heavy (non-hydrogen) atoms. The molecule has 0 saturated heterocycles. The summed E-state index contributed by atoms with van der Waals surface area (Å²) in [5, 5.41) is 14.7. The largest absolute Gasteiger partial charge is 0.395 e. The first-order valence-corrected chi connectivity index (χ1v) is 7.10. The predicted octanol–water partition coefficient (Wildman–Crippen LogP) is -0.0491. The van der Waals surface area contributed by atoms with E-state index >= 15 is 0 Å². The van der Waals surface area contributed by atoms with E-state index in [9.17, 15) is 8.42 Å². The van der Waals surface area contributed by atoms with Gasteiger partial charge in [0.05, 0.1) is 18.1 Å². The van der Waals surface area contributed by atoms with Gasteiger partial charge in [-0.15, -0.1) is 0 Å². The van der Waals surface area contributed by atoms with Crippen molar-refractivity contribution in [1.82, 2.24) is 14.9 Å². The third-order valence-corrected chi connectivity index (χ3v) is 4.46. The van der Waals surface area contributed by atoms with E-state index in [4.69, 9.17) is 5.11 Å². The molecule has 0 aromatic carbocycles. The van der Waals surface area contributed by atoms with Gasteiger partial charge in [-0.2, -0.15) is 5.10 Å². The topological polar surface area (TPSA) is 95.1 Å². The Kier molecular flexibility index (Phi) is 5.10. The number of aliphatic hydroxyl groups is 1. The first kappa shape index (κ1) is 14.1. The molecular weight excluding hydrogens is 242 g/mol. The van der Waals surface area contributed by atoms with Gasteiger partial charge in [0.1, 0.15) is 0 Å². The van der Waals surface area contributed by atoms with Crippen LogP contribution in [-0.2, 0) is 16.4 Å². The predicted molar refractivity (Wildman–Crippen MR) is 65.1 cm³/mol. The summed E-state index contributed by atoms with van der Waals surface area (Å²) in [5.74, 6) is 0. The fourth-order valence-corrected chi connectivity index (χ4v) is 2.27. The van der Waals surface area contributed by atoms with E-state index in [1.54, 1.807) is 6.20 Å². The van der Waals surface area contributed by atoms with Gasteiger partial charge in [-0.1, -0.05) is 0 Å². The first-order chi connectivity index (χ1) is 7.97. The minimum atomic E-state index is -3.38. The van der Waals surface area contributed by atoms with E-state index < -0.39 is 15.3 Å². The second-order valence-corrected chi connectivity index (χ2v) is 6.24. The van der Waals surface area contributed by atoms with E-state index in [-0.39, 0.29) is 6.61 Å². The molecule has 7 heteroatoms. The van der Waals surface area contributed by atoms with Gasteiger partial charge in [-0.05, 0) is 32.3 Å². The van der Waals surface area contributed by atoms with Gasteiger partial charge >= 0.3 is 0 Å². The molecule has 0 radical (unpaired) electrons. The molecule has 1 rings (SSSR count). The lowest BCUT2D eigenvalue weighted by molar-refractivity contribution is 0.295. The molecule has 0 spiro atoms. The molecule has 0 aliphatic carbocycles. The fraction of sp³-hybridized carbons (Fsp3) is 0.700. The summed E-state index contributed by atoms with van der Waals surface area (Å²) in [7, 11) is -3.38. The van der Waals surface area contributed by atoms with E-state index in [0.717, 1.165) is 17.7 Å². The van der Waals surface area contributed by atoms with E-state index in [1.807, 2.05) is 6.92 Å². The maximum Gasteiger partial charge on any atom is 0.216 e. The van der Waals surface area contributed by atoms with Gasteiger partial charge < -0.3 is 5.11 Å². The van der Waals surface area contributed by atoms with Crippen LogP contribution in [0.4, 0.5) is 0 Å². The highest BCUT2D eigenvalue weighted by atomic mass is 32.2. The number of hydrogen-bond acceptors (Lipinski definition) is 4. The van der Waals surface area contributed by atoms with E-state index in [0.29, 0.717) is 13.0 Å². The molecule has 1 aromatic heterocycles. The van der Waals surface area contributed by atoms with Crippen molar-refractivity contribution in [1.29, 1.82) is 0 Å². The molecule has 0 bridgehead atoms. The lowest BCUT2D eigenvalue weighted by Gasteiger charge is -2.10. The standard InChI is InChI=1S/C10H19N3O3S/c1-8(7-14)17(15,16)12-5-3-4-10-6-11-13-9(10)2/h6,8,12,14H,3-5,7H2,1-2H3,(H,11,13). The van der Waals surface area contributed by atoms with Crippen LogP contribution in [-0.4, -0.2) is 42.1 Å².